The largest absolute Gasteiger partial charge is 0.343 e. The summed E-state index contributed by atoms with van der Waals surface area (Å²) in [6.07, 6.45) is 5.53. The summed E-state index contributed by atoms with van der Waals surface area (Å²) in [5.74, 6) is 0.325. The zero-order chi connectivity index (χ0) is 8.27. The molecule has 1 atom stereocenters. The van der Waals surface area contributed by atoms with Crippen LogP contribution in [0.25, 0.3) is 0 Å². The van der Waals surface area contributed by atoms with Crippen LogP contribution in [0.15, 0.2) is 0 Å². The van der Waals surface area contributed by atoms with Crippen LogP contribution < -0.4 is 0 Å². The highest BCUT2D eigenvalue weighted by molar-refractivity contribution is 5.78. The molecule has 0 aromatic carbocycles. The highest BCUT2D eigenvalue weighted by atomic mass is 16.2. The Morgan fingerprint density at radius 3 is 2.82 bits per heavy atom. The van der Waals surface area contributed by atoms with Crippen LogP contribution in [-0.4, -0.2) is 23.9 Å². The van der Waals surface area contributed by atoms with Gasteiger partial charge in [-0.3, -0.25) is 4.79 Å². The number of carbonyl (C=O) groups excluding carboxylic acids is 1. The van der Waals surface area contributed by atoms with E-state index < -0.39 is 0 Å². The Balaban J connectivity index is 2.30. The lowest BCUT2D eigenvalue weighted by atomic mass is 10.1. The fourth-order valence-corrected chi connectivity index (χ4v) is 1.64. The van der Waals surface area contributed by atoms with Crippen LogP contribution >= 0.6 is 0 Å². The molecule has 1 heterocycles. The Bertz CT molecular complexity index is 144. The van der Waals surface area contributed by atoms with Crippen LogP contribution in [0.4, 0.5) is 0 Å². The Morgan fingerprint density at radius 2 is 2.36 bits per heavy atom. The van der Waals surface area contributed by atoms with Crippen LogP contribution in [0, 0.1) is 0 Å². The Kier molecular flexibility index (Phi) is 2.92. The van der Waals surface area contributed by atoms with Crippen molar-refractivity contribution in [1.82, 2.24) is 4.90 Å². The Morgan fingerprint density at radius 1 is 1.64 bits per heavy atom. The van der Waals surface area contributed by atoms with Gasteiger partial charge in [0.05, 0.1) is 0 Å². The predicted molar refractivity (Wildman–Crippen MR) is 45.3 cm³/mol. The van der Waals surface area contributed by atoms with Crippen molar-refractivity contribution in [2.24, 2.45) is 0 Å². The molecule has 1 aliphatic heterocycles. The summed E-state index contributed by atoms with van der Waals surface area (Å²) in [7, 11) is 1.93. The highest BCUT2D eigenvalue weighted by Gasteiger charge is 2.26. The molecule has 0 bridgehead atoms. The van der Waals surface area contributed by atoms with Crippen LogP contribution in [0.2, 0.25) is 0 Å². The first-order valence-electron chi connectivity index (χ1n) is 4.51. The van der Waals surface area contributed by atoms with E-state index in [1.807, 2.05) is 11.9 Å². The minimum atomic E-state index is 0.325. The smallest absolute Gasteiger partial charge is 0.222 e. The van der Waals surface area contributed by atoms with Crippen LogP contribution in [0.1, 0.15) is 39.0 Å². The van der Waals surface area contributed by atoms with Crippen molar-refractivity contribution in [2.45, 2.75) is 45.1 Å². The monoisotopic (exact) mass is 155 g/mol. The third-order valence-corrected chi connectivity index (χ3v) is 2.52. The summed E-state index contributed by atoms with van der Waals surface area (Å²) in [6, 6.07) is 0.544. The second-order valence-corrected chi connectivity index (χ2v) is 3.34. The Hall–Kier alpha value is -0.530. The van der Waals surface area contributed by atoms with E-state index in [2.05, 4.69) is 6.92 Å². The van der Waals surface area contributed by atoms with Crippen molar-refractivity contribution >= 4 is 5.91 Å². The minimum absolute atomic E-state index is 0.325. The first-order chi connectivity index (χ1) is 5.25. The first kappa shape index (κ1) is 8.57. The van der Waals surface area contributed by atoms with Gasteiger partial charge in [-0.15, -0.1) is 0 Å². The maximum Gasteiger partial charge on any atom is 0.222 e. The van der Waals surface area contributed by atoms with Gasteiger partial charge in [-0.05, 0) is 12.8 Å². The maximum absolute atomic E-state index is 11.1. The van der Waals surface area contributed by atoms with E-state index >= 15 is 0 Å². The molecule has 1 fully saturated rings. The van der Waals surface area contributed by atoms with Crippen molar-refractivity contribution in [3.8, 4) is 0 Å². The molecule has 0 aromatic rings. The van der Waals surface area contributed by atoms with Gasteiger partial charge in [-0.1, -0.05) is 19.8 Å². The van der Waals surface area contributed by atoms with Crippen LogP contribution in [0.5, 0.6) is 0 Å². The zero-order valence-electron chi connectivity index (χ0n) is 7.47. The number of hydrogen-bond acceptors (Lipinski definition) is 1. The average molecular weight is 155 g/mol. The van der Waals surface area contributed by atoms with Gasteiger partial charge >= 0.3 is 0 Å². The molecule has 1 saturated heterocycles. The van der Waals surface area contributed by atoms with Gasteiger partial charge in [0.2, 0.25) is 5.91 Å². The van der Waals surface area contributed by atoms with Crippen LogP contribution in [0.3, 0.4) is 0 Å². The normalized spacial score (nSPS) is 24.7. The fourth-order valence-electron chi connectivity index (χ4n) is 1.64. The van der Waals surface area contributed by atoms with Gasteiger partial charge in [0.15, 0.2) is 0 Å². The molecule has 64 valence electrons. The molecular formula is C9H17NO. The van der Waals surface area contributed by atoms with E-state index in [4.69, 9.17) is 0 Å². The van der Waals surface area contributed by atoms with Gasteiger partial charge in [0.25, 0.3) is 0 Å². The molecule has 0 radical (unpaired) electrons. The average Bonchev–Trinajstić information content (AvgIpc) is 2.31. The van der Waals surface area contributed by atoms with Crippen molar-refractivity contribution in [2.75, 3.05) is 7.05 Å². The SMILES string of the molecule is CCCC[C@H]1CCC(=O)N1C. The fraction of sp³-hybridized carbons (Fsp3) is 0.889. The predicted octanol–water partition coefficient (Wildman–Crippen LogP) is 1.80. The lowest BCUT2D eigenvalue weighted by Gasteiger charge is -2.18. The summed E-state index contributed by atoms with van der Waals surface area (Å²) in [6.45, 7) is 2.19. The van der Waals surface area contributed by atoms with Crippen LogP contribution in [-0.2, 0) is 4.79 Å². The molecule has 1 aliphatic rings. The third kappa shape index (κ3) is 1.95. The molecule has 11 heavy (non-hydrogen) atoms. The summed E-state index contributed by atoms with van der Waals surface area (Å²) in [5.41, 5.74) is 0. The molecule has 2 nitrogen and oxygen atoms in total. The second-order valence-electron chi connectivity index (χ2n) is 3.34. The molecule has 0 aliphatic carbocycles. The van der Waals surface area contributed by atoms with Gasteiger partial charge < -0.3 is 4.90 Å². The standard InChI is InChI=1S/C9H17NO/c1-3-4-5-8-6-7-9(11)10(8)2/h8H,3-7H2,1-2H3/t8-/m0/s1. The maximum atomic E-state index is 11.1. The molecular weight excluding hydrogens is 138 g/mol. The van der Waals surface area contributed by atoms with Crippen molar-refractivity contribution in [3.05, 3.63) is 0 Å². The van der Waals surface area contributed by atoms with Gasteiger partial charge in [0, 0.05) is 19.5 Å². The number of likely N-dealkylation sites (tertiary alicyclic amines) is 1. The van der Waals surface area contributed by atoms with E-state index in [1.54, 1.807) is 0 Å². The van der Waals surface area contributed by atoms with E-state index in [0.717, 1.165) is 12.8 Å². The lowest BCUT2D eigenvalue weighted by molar-refractivity contribution is -0.127. The summed E-state index contributed by atoms with van der Waals surface area (Å²) >= 11 is 0. The number of carbonyl (C=O) groups is 1. The first-order valence-corrected chi connectivity index (χ1v) is 4.51. The molecule has 1 rings (SSSR count). The molecule has 0 spiro atoms. The molecule has 2 heteroatoms. The summed E-state index contributed by atoms with van der Waals surface area (Å²) < 4.78 is 0. The van der Waals surface area contributed by atoms with Crippen molar-refractivity contribution in [1.29, 1.82) is 0 Å². The molecule has 0 unspecified atom stereocenters. The van der Waals surface area contributed by atoms with E-state index in [9.17, 15) is 4.79 Å². The summed E-state index contributed by atoms with van der Waals surface area (Å²) in [4.78, 5) is 13.0. The quantitative estimate of drug-likeness (QED) is 0.608. The van der Waals surface area contributed by atoms with E-state index in [1.165, 1.54) is 19.3 Å². The van der Waals surface area contributed by atoms with Crippen molar-refractivity contribution in [3.63, 3.8) is 0 Å². The van der Waals surface area contributed by atoms with Gasteiger partial charge in [-0.25, -0.2) is 0 Å². The zero-order valence-corrected chi connectivity index (χ0v) is 7.47. The van der Waals surface area contributed by atoms with E-state index in [-0.39, 0.29) is 0 Å². The second kappa shape index (κ2) is 3.74. The van der Waals surface area contributed by atoms with E-state index in [0.29, 0.717) is 11.9 Å². The third-order valence-electron chi connectivity index (χ3n) is 2.52. The number of hydrogen-bond donors (Lipinski definition) is 0. The van der Waals surface area contributed by atoms with Gasteiger partial charge in [-0.2, -0.15) is 0 Å². The van der Waals surface area contributed by atoms with Gasteiger partial charge in [0.1, 0.15) is 0 Å². The molecule has 1 amide bonds. The topological polar surface area (TPSA) is 20.3 Å². The Labute approximate surface area is 68.6 Å². The molecule has 0 N–H and O–H groups in total. The molecule has 0 saturated carbocycles. The number of nitrogens with zero attached hydrogens (tertiary/aromatic N) is 1. The highest BCUT2D eigenvalue weighted by Crippen LogP contribution is 2.20. The number of rotatable bonds is 3. The number of amides is 1. The van der Waals surface area contributed by atoms with Crippen molar-refractivity contribution < 1.29 is 4.79 Å². The number of unbranched alkanes of at least 4 members (excludes halogenated alkanes) is 1. The summed E-state index contributed by atoms with van der Waals surface area (Å²) in [5, 5.41) is 0. The minimum Gasteiger partial charge on any atom is -0.343 e. The lowest BCUT2D eigenvalue weighted by Crippen LogP contribution is -2.28. The molecule has 0 aromatic heterocycles.